The van der Waals surface area contributed by atoms with Crippen molar-refractivity contribution < 1.29 is 10.3 Å². The molecule has 0 aliphatic rings. The zero-order valence-electron chi connectivity index (χ0n) is 8.64. The van der Waals surface area contributed by atoms with Crippen molar-refractivity contribution in [3.8, 4) is 0 Å². The Bertz CT molecular complexity index is 269. The van der Waals surface area contributed by atoms with Crippen LogP contribution in [-0.2, 0) is 13.2 Å². The summed E-state index contributed by atoms with van der Waals surface area (Å²) < 4.78 is 0. The van der Waals surface area contributed by atoms with Crippen molar-refractivity contribution in [2.24, 2.45) is 0 Å². The number of hydroxylamine groups is 2. The van der Waals surface area contributed by atoms with Crippen molar-refractivity contribution in [3.05, 3.63) is 35.4 Å². The van der Waals surface area contributed by atoms with E-state index < -0.39 is 0 Å². The predicted molar refractivity (Wildman–Crippen MR) is 54.8 cm³/mol. The number of aliphatic hydroxyl groups excluding tert-OH is 1. The molecule has 78 valence electrons. The van der Waals surface area contributed by atoms with Gasteiger partial charge in [0.15, 0.2) is 0 Å². The molecule has 0 heterocycles. The minimum atomic E-state index is 0.0628. The van der Waals surface area contributed by atoms with Crippen LogP contribution in [0, 0.1) is 0 Å². The fourth-order valence-corrected chi connectivity index (χ4v) is 1.12. The van der Waals surface area contributed by atoms with Crippen molar-refractivity contribution in [3.63, 3.8) is 0 Å². The van der Waals surface area contributed by atoms with Gasteiger partial charge < -0.3 is 10.3 Å². The van der Waals surface area contributed by atoms with Crippen LogP contribution in [0.3, 0.4) is 0 Å². The Labute approximate surface area is 84.6 Å². The number of aliphatic hydroxyl groups is 1. The largest absolute Gasteiger partial charge is 0.392 e. The van der Waals surface area contributed by atoms with Crippen LogP contribution >= 0.6 is 0 Å². The van der Waals surface area contributed by atoms with E-state index in [0.717, 1.165) is 11.1 Å². The molecular weight excluding hydrogens is 178 g/mol. The summed E-state index contributed by atoms with van der Waals surface area (Å²) in [6, 6.07) is 7.67. The Balaban J connectivity index is 2.59. The highest BCUT2D eigenvalue weighted by Crippen LogP contribution is 2.08. The zero-order valence-corrected chi connectivity index (χ0v) is 8.64. The van der Waals surface area contributed by atoms with Crippen LogP contribution in [0.15, 0.2) is 24.3 Å². The Kier molecular flexibility index (Phi) is 4.07. The number of rotatable bonds is 4. The summed E-state index contributed by atoms with van der Waals surface area (Å²) in [5.41, 5.74) is 1.93. The lowest BCUT2D eigenvalue weighted by Gasteiger charge is -2.18. The van der Waals surface area contributed by atoms with Crippen LogP contribution < -0.4 is 0 Å². The first-order valence-electron chi connectivity index (χ1n) is 4.77. The van der Waals surface area contributed by atoms with Crippen molar-refractivity contribution >= 4 is 0 Å². The molecule has 0 bridgehead atoms. The van der Waals surface area contributed by atoms with E-state index in [0.29, 0.717) is 6.54 Å². The van der Waals surface area contributed by atoms with Crippen LogP contribution in [0.5, 0.6) is 0 Å². The molecular formula is C11H17NO2. The number of hydrogen-bond acceptors (Lipinski definition) is 3. The van der Waals surface area contributed by atoms with E-state index in [4.69, 9.17) is 5.11 Å². The maximum atomic E-state index is 9.49. The summed E-state index contributed by atoms with van der Waals surface area (Å²) in [4.78, 5) is 0. The van der Waals surface area contributed by atoms with Gasteiger partial charge in [-0.3, -0.25) is 0 Å². The lowest BCUT2D eigenvalue weighted by Crippen LogP contribution is -2.26. The summed E-state index contributed by atoms with van der Waals surface area (Å²) in [7, 11) is 0. The van der Waals surface area contributed by atoms with Crippen molar-refractivity contribution in [2.45, 2.75) is 33.0 Å². The molecule has 0 aliphatic carbocycles. The van der Waals surface area contributed by atoms with Crippen molar-refractivity contribution in [1.29, 1.82) is 0 Å². The van der Waals surface area contributed by atoms with E-state index in [-0.39, 0.29) is 12.6 Å². The van der Waals surface area contributed by atoms with E-state index in [9.17, 15) is 5.21 Å². The molecule has 14 heavy (non-hydrogen) atoms. The Morgan fingerprint density at radius 1 is 1.14 bits per heavy atom. The summed E-state index contributed by atoms with van der Waals surface area (Å²) in [5.74, 6) is 0. The number of hydrogen-bond donors (Lipinski definition) is 2. The van der Waals surface area contributed by atoms with Gasteiger partial charge in [-0.1, -0.05) is 24.3 Å². The van der Waals surface area contributed by atoms with Gasteiger partial charge in [-0.2, -0.15) is 5.06 Å². The van der Waals surface area contributed by atoms with Crippen molar-refractivity contribution in [1.82, 2.24) is 5.06 Å². The molecule has 0 unspecified atom stereocenters. The van der Waals surface area contributed by atoms with E-state index in [2.05, 4.69) is 0 Å². The molecule has 0 amide bonds. The maximum Gasteiger partial charge on any atom is 0.0681 e. The molecule has 1 rings (SSSR count). The second-order valence-electron chi connectivity index (χ2n) is 3.67. The van der Waals surface area contributed by atoms with E-state index in [1.165, 1.54) is 5.06 Å². The van der Waals surface area contributed by atoms with Gasteiger partial charge in [0, 0.05) is 12.6 Å². The molecule has 3 heteroatoms. The molecule has 2 N–H and O–H groups in total. The number of nitrogens with zero attached hydrogens (tertiary/aromatic N) is 1. The van der Waals surface area contributed by atoms with Gasteiger partial charge in [-0.25, -0.2) is 0 Å². The highest BCUT2D eigenvalue weighted by Gasteiger charge is 2.05. The van der Waals surface area contributed by atoms with Crippen LogP contribution in [0.2, 0.25) is 0 Å². The molecule has 0 aromatic heterocycles. The lowest BCUT2D eigenvalue weighted by atomic mass is 10.1. The van der Waals surface area contributed by atoms with Crippen LogP contribution in [-0.4, -0.2) is 21.4 Å². The molecule has 0 saturated carbocycles. The quantitative estimate of drug-likeness (QED) is 0.720. The monoisotopic (exact) mass is 195 g/mol. The first kappa shape index (κ1) is 11.2. The van der Waals surface area contributed by atoms with Gasteiger partial charge >= 0.3 is 0 Å². The molecule has 1 aromatic rings. The first-order valence-corrected chi connectivity index (χ1v) is 4.77. The minimum absolute atomic E-state index is 0.0628. The summed E-state index contributed by atoms with van der Waals surface area (Å²) in [6.45, 7) is 4.45. The normalized spacial score (nSPS) is 11.3. The molecule has 0 atom stereocenters. The van der Waals surface area contributed by atoms with Gasteiger partial charge in [-0.15, -0.1) is 0 Å². The second-order valence-corrected chi connectivity index (χ2v) is 3.67. The smallest absolute Gasteiger partial charge is 0.0681 e. The lowest BCUT2D eigenvalue weighted by molar-refractivity contribution is -0.125. The van der Waals surface area contributed by atoms with E-state index in [1.54, 1.807) is 0 Å². The zero-order chi connectivity index (χ0) is 10.6. The fraction of sp³-hybridized carbons (Fsp3) is 0.455. The third-order valence-electron chi connectivity index (χ3n) is 2.15. The molecule has 0 radical (unpaired) electrons. The summed E-state index contributed by atoms with van der Waals surface area (Å²) in [5, 5.41) is 19.6. The van der Waals surface area contributed by atoms with Crippen LogP contribution in [0.4, 0.5) is 0 Å². The van der Waals surface area contributed by atoms with Crippen molar-refractivity contribution in [2.75, 3.05) is 0 Å². The molecule has 0 spiro atoms. The van der Waals surface area contributed by atoms with Gasteiger partial charge in [0.1, 0.15) is 0 Å². The predicted octanol–water partition coefficient (Wildman–Crippen LogP) is 1.78. The molecule has 1 aromatic carbocycles. The molecule has 0 saturated heterocycles. The van der Waals surface area contributed by atoms with Gasteiger partial charge in [0.25, 0.3) is 0 Å². The standard InChI is InChI=1S/C11H17NO2/c1-9(2)12(14)7-10-3-5-11(8-13)6-4-10/h3-6,9,13-14H,7-8H2,1-2H3. The van der Waals surface area contributed by atoms with Gasteiger partial charge in [-0.05, 0) is 25.0 Å². The third-order valence-corrected chi connectivity index (χ3v) is 2.15. The Morgan fingerprint density at radius 3 is 2.07 bits per heavy atom. The first-order chi connectivity index (χ1) is 6.63. The minimum Gasteiger partial charge on any atom is -0.392 e. The summed E-state index contributed by atoms with van der Waals surface area (Å²) >= 11 is 0. The highest BCUT2D eigenvalue weighted by atomic mass is 16.5. The van der Waals surface area contributed by atoms with Gasteiger partial charge in [0.2, 0.25) is 0 Å². The van der Waals surface area contributed by atoms with Crippen LogP contribution in [0.1, 0.15) is 25.0 Å². The maximum absolute atomic E-state index is 9.49. The molecule has 3 nitrogen and oxygen atoms in total. The topological polar surface area (TPSA) is 43.7 Å². The van der Waals surface area contributed by atoms with Crippen LogP contribution in [0.25, 0.3) is 0 Å². The fourth-order valence-electron chi connectivity index (χ4n) is 1.12. The Hall–Kier alpha value is -0.900. The highest BCUT2D eigenvalue weighted by molar-refractivity contribution is 5.21. The third kappa shape index (κ3) is 3.10. The average molecular weight is 195 g/mol. The van der Waals surface area contributed by atoms with Gasteiger partial charge in [0.05, 0.1) is 6.61 Å². The SMILES string of the molecule is CC(C)N(O)Cc1ccc(CO)cc1. The van der Waals surface area contributed by atoms with E-state index >= 15 is 0 Å². The second kappa shape index (κ2) is 5.10. The van der Waals surface area contributed by atoms with E-state index in [1.807, 2.05) is 38.1 Å². The Morgan fingerprint density at radius 2 is 1.64 bits per heavy atom. The molecule has 0 aliphatic heterocycles. The summed E-state index contributed by atoms with van der Waals surface area (Å²) in [6.07, 6.45) is 0. The average Bonchev–Trinajstić information content (AvgIpc) is 2.19. The molecule has 0 fully saturated rings. The number of benzene rings is 1.